The fraction of sp³-hybridized carbons (Fsp3) is 0.207. The maximum atomic E-state index is 12.7. The number of carbonyl (C=O) groups is 5. The number of ether oxygens (including phenoxy) is 3. The van der Waals surface area contributed by atoms with Crippen LogP contribution in [0.1, 0.15) is 24.0 Å². The predicted molar refractivity (Wildman–Crippen MR) is 146 cm³/mol. The SMILES string of the molecule is O=C(O)/C=C/C(=O)O[C@@H]1C[C@@](OC(=O)/C=C/c2ccc(O)c(O)c2)(C(=O)O)C[C@@H](OC(=O)/C=C/c2ccc(O)c(O)c2)[C@@H]1O. The van der Waals surface area contributed by atoms with E-state index >= 15 is 0 Å². The number of hydrogen-bond donors (Lipinski definition) is 7. The number of carboxylic acid groups (broad SMARTS) is 2. The van der Waals surface area contributed by atoms with Crippen LogP contribution in [0.3, 0.4) is 0 Å². The molecule has 0 heterocycles. The molecule has 0 radical (unpaired) electrons. The summed E-state index contributed by atoms with van der Waals surface area (Å²) in [5.41, 5.74) is -2.06. The summed E-state index contributed by atoms with van der Waals surface area (Å²) in [4.78, 5) is 60.6. The smallest absolute Gasteiger partial charge is 0.348 e. The first-order valence-electron chi connectivity index (χ1n) is 12.6. The Morgan fingerprint density at radius 2 is 1.11 bits per heavy atom. The number of aliphatic hydroxyl groups is 1. The summed E-state index contributed by atoms with van der Waals surface area (Å²) >= 11 is 0. The van der Waals surface area contributed by atoms with Crippen molar-refractivity contribution >= 4 is 42.0 Å². The molecule has 1 fully saturated rings. The molecule has 4 atom stereocenters. The third-order valence-electron chi connectivity index (χ3n) is 6.23. The number of esters is 3. The van der Waals surface area contributed by atoms with Crippen LogP contribution < -0.4 is 0 Å². The van der Waals surface area contributed by atoms with Gasteiger partial charge in [0.2, 0.25) is 5.60 Å². The van der Waals surface area contributed by atoms with Crippen LogP contribution in [0.4, 0.5) is 0 Å². The molecule has 0 unspecified atom stereocenters. The summed E-state index contributed by atoms with van der Waals surface area (Å²) in [7, 11) is 0. The van der Waals surface area contributed by atoms with Gasteiger partial charge in [0.25, 0.3) is 0 Å². The van der Waals surface area contributed by atoms with Crippen LogP contribution in [0.15, 0.2) is 60.7 Å². The number of phenolic OH excluding ortho intramolecular Hbond substituents is 4. The van der Waals surface area contributed by atoms with Crippen molar-refractivity contribution in [3.05, 3.63) is 71.8 Å². The van der Waals surface area contributed by atoms with Crippen LogP contribution in [0.25, 0.3) is 12.2 Å². The molecule has 1 saturated carbocycles. The Bertz CT molecular complexity index is 1540. The number of aliphatic carboxylic acids is 2. The first kappa shape index (κ1) is 32.7. The van der Waals surface area contributed by atoms with Gasteiger partial charge < -0.3 is 50.0 Å². The maximum Gasteiger partial charge on any atom is 0.348 e. The van der Waals surface area contributed by atoms with Crippen molar-refractivity contribution in [3.8, 4) is 23.0 Å². The van der Waals surface area contributed by atoms with Gasteiger partial charge in [0, 0.05) is 37.1 Å². The lowest BCUT2D eigenvalue weighted by atomic mass is 9.79. The Hall–Kier alpha value is -5.83. The summed E-state index contributed by atoms with van der Waals surface area (Å²) in [6, 6.07) is 7.18. The van der Waals surface area contributed by atoms with E-state index in [2.05, 4.69) is 0 Å². The number of carboxylic acids is 2. The zero-order valence-corrected chi connectivity index (χ0v) is 22.5. The average Bonchev–Trinajstić information content (AvgIpc) is 2.95. The highest BCUT2D eigenvalue weighted by molar-refractivity contribution is 5.92. The number of benzene rings is 2. The topological polar surface area (TPSA) is 255 Å². The van der Waals surface area contributed by atoms with Crippen molar-refractivity contribution in [2.75, 3.05) is 0 Å². The van der Waals surface area contributed by atoms with Crippen molar-refractivity contribution < 1.29 is 73.9 Å². The molecule has 0 aliphatic heterocycles. The van der Waals surface area contributed by atoms with E-state index < -0.39 is 89.6 Å². The Morgan fingerprint density at radius 3 is 1.55 bits per heavy atom. The Balaban J connectivity index is 1.87. The van der Waals surface area contributed by atoms with E-state index in [0.29, 0.717) is 12.2 Å². The molecule has 0 spiro atoms. The fourth-order valence-electron chi connectivity index (χ4n) is 4.10. The highest BCUT2D eigenvalue weighted by Crippen LogP contribution is 2.37. The fourth-order valence-corrected chi connectivity index (χ4v) is 4.10. The van der Waals surface area contributed by atoms with Gasteiger partial charge in [0.1, 0.15) is 18.3 Å². The molecule has 7 N–H and O–H groups in total. The minimum absolute atomic E-state index is 0.221. The molecule has 0 amide bonds. The maximum absolute atomic E-state index is 12.7. The van der Waals surface area contributed by atoms with Crippen molar-refractivity contribution in [1.82, 2.24) is 0 Å². The summed E-state index contributed by atoms with van der Waals surface area (Å²) in [5.74, 6) is -8.73. The van der Waals surface area contributed by atoms with Crippen molar-refractivity contribution in [3.63, 3.8) is 0 Å². The second kappa shape index (κ2) is 13.9. The molecule has 232 valence electrons. The second-order valence-electron chi connectivity index (χ2n) is 9.40. The normalized spacial score (nSPS) is 21.7. The lowest BCUT2D eigenvalue weighted by molar-refractivity contribution is -0.212. The summed E-state index contributed by atoms with van der Waals surface area (Å²) in [6.45, 7) is 0. The van der Waals surface area contributed by atoms with Crippen LogP contribution in [0, 0.1) is 0 Å². The van der Waals surface area contributed by atoms with Gasteiger partial charge in [-0.05, 0) is 47.5 Å². The van der Waals surface area contributed by atoms with E-state index in [0.717, 1.165) is 42.5 Å². The Morgan fingerprint density at radius 1 is 0.659 bits per heavy atom. The van der Waals surface area contributed by atoms with Gasteiger partial charge in [0.05, 0.1) is 0 Å². The minimum Gasteiger partial charge on any atom is -0.504 e. The average molecular weight is 615 g/mol. The first-order valence-corrected chi connectivity index (χ1v) is 12.6. The monoisotopic (exact) mass is 614 g/mol. The number of carbonyl (C=O) groups excluding carboxylic acids is 3. The Kier molecular flexibility index (Phi) is 10.3. The molecule has 15 heteroatoms. The summed E-state index contributed by atoms with van der Waals surface area (Å²) in [5, 5.41) is 67.7. The second-order valence-corrected chi connectivity index (χ2v) is 9.40. The van der Waals surface area contributed by atoms with Crippen molar-refractivity contribution in [1.29, 1.82) is 0 Å². The van der Waals surface area contributed by atoms with Gasteiger partial charge in [-0.1, -0.05) is 12.1 Å². The van der Waals surface area contributed by atoms with E-state index in [1.807, 2.05) is 0 Å². The van der Waals surface area contributed by atoms with Crippen LogP contribution in [0.2, 0.25) is 0 Å². The molecular formula is C29H26O15. The largest absolute Gasteiger partial charge is 0.504 e. The van der Waals surface area contributed by atoms with Gasteiger partial charge in [-0.2, -0.15) is 0 Å². The molecule has 0 saturated heterocycles. The first-order chi connectivity index (χ1) is 20.7. The zero-order chi connectivity index (χ0) is 32.6. The minimum atomic E-state index is -2.53. The molecule has 1 aliphatic rings. The third-order valence-corrected chi connectivity index (χ3v) is 6.23. The number of rotatable bonds is 10. The van der Waals surface area contributed by atoms with Gasteiger partial charge >= 0.3 is 29.8 Å². The molecule has 1 aliphatic carbocycles. The molecule has 2 aromatic rings. The number of aliphatic hydroxyl groups excluding tert-OH is 1. The van der Waals surface area contributed by atoms with Crippen LogP contribution in [-0.2, 0) is 38.2 Å². The highest BCUT2D eigenvalue weighted by Gasteiger charge is 2.55. The van der Waals surface area contributed by atoms with Crippen LogP contribution in [-0.4, -0.2) is 89.5 Å². The molecule has 2 aromatic carbocycles. The third kappa shape index (κ3) is 8.59. The van der Waals surface area contributed by atoms with Gasteiger partial charge in [-0.15, -0.1) is 0 Å². The van der Waals surface area contributed by atoms with Crippen molar-refractivity contribution in [2.45, 2.75) is 36.8 Å². The van der Waals surface area contributed by atoms with Gasteiger partial charge in [-0.3, -0.25) is 0 Å². The zero-order valence-electron chi connectivity index (χ0n) is 22.5. The van der Waals surface area contributed by atoms with E-state index in [1.54, 1.807) is 0 Å². The van der Waals surface area contributed by atoms with Gasteiger partial charge in [0.15, 0.2) is 23.0 Å². The van der Waals surface area contributed by atoms with Crippen molar-refractivity contribution in [2.24, 2.45) is 0 Å². The number of hydrogen-bond acceptors (Lipinski definition) is 13. The van der Waals surface area contributed by atoms with E-state index in [1.165, 1.54) is 18.2 Å². The number of phenols is 4. The van der Waals surface area contributed by atoms with E-state index in [-0.39, 0.29) is 11.1 Å². The summed E-state index contributed by atoms with van der Waals surface area (Å²) < 4.78 is 15.5. The lowest BCUT2D eigenvalue weighted by Gasteiger charge is -2.42. The molecule has 3 rings (SSSR count). The predicted octanol–water partition coefficient (Wildman–Crippen LogP) is 1.22. The molecule has 0 aromatic heterocycles. The molecule has 44 heavy (non-hydrogen) atoms. The van der Waals surface area contributed by atoms with Crippen LogP contribution in [0.5, 0.6) is 23.0 Å². The lowest BCUT2D eigenvalue weighted by Crippen LogP contribution is -2.59. The molecular weight excluding hydrogens is 588 g/mol. The molecule has 0 bridgehead atoms. The Labute approximate surface area is 247 Å². The standard InChI is InChI=1S/C29H26O15/c30-17-5-1-15(11-19(17)32)3-8-24(36)42-21-13-29(28(40)41,14-22(27(21)39)43-25(37)10-7-23(34)35)44-26(38)9-4-16-2-6-18(31)20(33)12-16/h1-12,21-22,27,30-33,39H,13-14H2,(H,34,35)(H,40,41)/b8-3+,9-4+,10-7+/t21-,22-,27+,29-/m1/s1. The van der Waals surface area contributed by atoms with Gasteiger partial charge in [-0.25, -0.2) is 24.0 Å². The number of aromatic hydroxyl groups is 4. The van der Waals surface area contributed by atoms with E-state index in [4.69, 9.17) is 19.3 Å². The van der Waals surface area contributed by atoms with E-state index in [9.17, 15) is 54.6 Å². The molecule has 15 nitrogen and oxygen atoms in total. The van der Waals surface area contributed by atoms with Crippen LogP contribution >= 0.6 is 0 Å². The quantitative estimate of drug-likeness (QED) is 0.0859. The highest BCUT2D eigenvalue weighted by atomic mass is 16.6. The summed E-state index contributed by atoms with van der Waals surface area (Å²) in [6.07, 6.45) is -2.12.